The van der Waals surface area contributed by atoms with Crippen LogP contribution in [-0.4, -0.2) is 28.2 Å². The van der Waals surface area contributed by atoms with Crippen molar-refractivity contribution >= 4 is 65.3 Å². The van der Waals surface area contributed by atoms with Crippen LogP contribution in [0.1, 0.15) is 50.9 Å². The van der Waals surface area contributed by atoms with Gasteiger partial charge in [-0.3, -0.25) is 0 Å². The molecule has 1 aliphatic carbocycles. The molecular weight excluding hydrogens is 479 g/mol. The fourth-order valence-electron chi connectivity index (χ4n) is 3.86. The second-order valence-corrected chi connectivity index (χ2v) is 8.85. The van der Waals surface area contributed by atoms with Gasteiger partial charge in [-0.2, -0.15) is 0 Å². The molecule has 3 N–H and O–H groups in total. The molecular formula is C25H31Cl3N4O. The van der Waals surface area contributed by atoms with Crippen LogP contribution in [0.5, 0.6) is 5.75 Å². The molecule has 1 heterocycles. The summed E-state index contributed by atoms with van der Waals surface area (Å²) < 4.78 is 5.90. The van der Waals surface area contributed by atoms with Crippen LogP contribution in [0.15, 0.2) is 42.5 Å². The summed E-state index contributed by atoms with van der Waals surface area (Å²) in [4.78, 5) is 9.60. The summed E-state index contributed by atoms with van der Waals surface area (Å²) in [7, 11) is 0. The summed E-state index contributed by atoms with van der Waals surface area (Å²) in [6.45, 7) is 4.05. The third-order valence-electron chi connectivity index (χ3n) is 5.46. The molecule has 5 nitrogen and oxygen atoms in total. The highest BCUT2D eigenvalue weighted by molar-refractivity contribution is 6.30. The van der Waals surface area contributed by atoms with E-state index in [0.717, 1.165) is 58.7 Å². The van der Waals surface area contributed by atoms with Crippen LogP contribution in [0.2, 0.25) is 5.02 Å². The van der Waals surface area contributed by atoms with Crippen LogP contribution in [0.25, 0.3) is 23.1 Å². The van der Waals surface area contributed by atoms with Crippen molar-refractivity contribution in [1.29, 1.82) is 0 Å². The summed E-state index contributed by atoms with van der Waals surface area (Å²) in [5.74, 6) is 2.33. The predicted octanol–water partition coefficient (Wildman–Crippen LogP) is 6.77. The van der Waals surface area contributed by atoms with Crippen LogP contribution in [0, 0.1) is 0 Å². The zero-order chi connectivity index (χ0) is 21.8. The van der Waals surface area contributed by atoms with Crippen molar-refractivity contribution in [2.75, 3.05) is 5.32 Å². The Hall–Kier alpha value is -2.05. The minimum atomic E-state index is 0. The molecule has 4 rings (SSSR count). The quantitative estimate of drug-likeness (QED) is 0.384. The van der Waals surface area contributed by atoms with Gasteiger partial charge in [0.25, 0.3) is 0 Å². The highest BCUT2D eigenvalue weighted by Gasteiger charge is 2.20. The average Bonchev–Trinajstić information content (AvgIpc) is 2.75. The molecule has 1 aliphatic rings. The molecule has 0 spiro atoms. The van der Waals surface area contributed by atoms with Gasteiger partial charge in [-0.05, 0) is 81.5 Å². The first-order valence-electron chi connectivity index (χ1n) is 10.9. The molecule has 0 unspecified atom stereocenters. The van der Waals surface area contributed by atoms with Gasteiger partial charge in [0.1, 0.15) is 11.6 Å². The maximum atomic E-state index is 6.09. The van der Waals surface area contributed by atoms with Crippen molar-refractivity contribution in [1.82, 2.24) is 9.97 Å². The molecule has 0 atom stereocenters. The third-order valence-corrected chi connectivity index (χ3v) is 5.72. The average molecular weight is 510 g/mol. The summed E-state index contributed by atoms with van der Waals surface area (Å²) in [5.41, 5.74) is 8.02. The Balaban J connectivity index is 0.00000193. The van der Waals surface area contributed by atoms with Gasteiger partial charge in [-0.1, -0.05) is 29.8 Å². The molecule has 0 radical (unpaired) electrons. The zero-order valence-electron chi connectivity index (χ0n) is 18.8. The molecule has 8 heteroatoms. The number of fused-ring (bicyclic) bond motifs is 1. The van der Waals surface area contributed by atoms with Crippen LogP contribution in [0.4, 0.5) is 5.82 Å². The van der Waals surface area contributed by atoms with Gasteiger partial charge in [-0.25, -0.2) is 9.97 Å². The summed E-state index contributed by atoms with van der Waals surface area (Å²) in [5, 5.41) is 5.35. The summed E-state index contributed by atoms with van der Waals surface area (Å²) in [6.07, 6.45) is 8.20. The lowest BCUT2D eigenvalue weighted by molar-refractivity contribution is 0.243. The Labute approximate surface area is 213 Å². The zero-order valence-corrected chi connectivity index (χ0v) is 21.2. The van der Waals surface area contributed by atoms with Gasteiger partial charge in [-0.15, -0.1) is 24.8 Å². The van der Waals surface area contributed by atoms with Crippen LogP contribution in [0.3, 0.4) is 0 Å². The first-order valence-corrected chi connectivity index (χ1v) is 11.3. The number of ether oxygens (including phenoxy) is 1. The molecule has 1 saturated carbocycles. The number of hydrogen-bond donors (Lipinski definition) is 2. The fourth-order valence-corrected chi connectivity index (χ4v) is 3.98. The highest BCUT2D eigenvalue weighted by atomic mass is 35.5. The lowest BCUT2D eigenvalue weighted by atomic mass is 9.92. The SMILES string of the molecule is CC(C)Oc1ccc2nc(C=Cc3ccc(Cl)cc3)nc(N[C@H]3CC[C@@H](N)CC3)c2c1.Cl.Cl. The third kappa shape index (κ3) is 7.47. The van der Waals surface area contributed by atoms with Crippen molar-refractivity contribution < 1.29 is 4.74 Å². The monoisotopic (exact) mass is 508 g/mol. The number of aromatic nitrogens is 2. The molecule has 0 saturated heterocycles. The van der Waals surface area contributed by atoms with E-state index in [1.165, 1.54) is 0 Å². The summed E-state index contributed by atoms with van der Waals surface area (Å²) >= 11 is 5.99. The van der Waals surface area contributed by atoms with E-state index in [1.807, 2.05) is 68.5 Å². The summed E-state index contributed by atoms with van der Waals surface area (Å²) in [6, 6.07) is 14.4. The molecule has 1 fully saturated rings. The van der Waals surface area contributed by atoms with Crippen molar-refractivity contribution in [2.24, 2.45) is 5.73 Å². The van der Waals surface area contributed by atoms with Crippen LogP contribution in [-0.2, 0) is 0 Å². The van der Waals surface area contributed by atoms with E-state index in [1.54, 1.807) is 0 Å². The van der Waals surface area contributed by atoms with E-state index in [9.17, 15) is 0 Å². The van der Waals surface area contributed by atoms with Crippen molar-refractivity contribution in [2.45, 2.75) is 57.7 Å². The van der Waals surface area contributed by atoms with E-state index in [2.05, 4.69) is 5.32 Å². The van der Waals surface area contributed by atoms with Gasteiger partial charge >= 0.3 is 0 Å². The smallest absolute Gasteiger partial charge is 0.154 e. The Morgan fingerprint density at radius 1 is 1.00 bits per heavy atom. The van der Waals surface area contributed by atoms with Gasteiger partial charge in [0.15, 0.2) is 5.82 Å². The number of nitrogens with two attached hydrogens (primary N) is 1. The van der Waals surface area contributed by atoms with Crippen LogP contribution >= 0.6 is 36.4 Å². The Kier molecular flexibility index (Phi) is 10.2. The standard InChI is InChI=1S/C25H29ClN4O.2ClH/c1-16(2)31-21-12-13-23-22(15-21)25(28-20-10-8-19(27)9-11-20)30-24(29-23)14-5-17-3-6-18(26)7-4-17;;/h3-7,12-16,19-20H,8-11,27H2,1-2H3,(H,28,29,30);2*1H/t19-,20+;;. The number of anilines is 1. The number of nitrogens with zero attached hydrogens (tertiary/aromatic N) is 2. The van der Waals surface area contributed by atoms with Gasteiger partial charge in [0.2, 0.25) is 0 Å². The highest BCUT2D eigenvalue weighted by Crippen LogP contribution is 2.29. The molecule has 0 amide bonds. The number of rotatable bonds is 6. The van der Waals surface area contributed by atoms with E-state index in [4.69, 9.17) is 32.0 Å². The predicted molar refractivity (Wildman–Crippen MR) is 144 cm³/mol. The minimum absolute atomic E-state index is 0. The maximum Gasteiger partial charge on any atom is 0.154 e. The maximum absolute atomic E-state index is 6.09. The first-order chi connectivity index (χ1) is 15.0. The molecule has 33 heavy (non-hydrogen) atoms. The van der Waals surface area contributed by atoms with E-state index in [0.29, 0.717) is 17.9 Å². The number of nitrogens with one attached hydrogen (secondary N) is 1. The Morgan fingerprint density at radius 2 is 1.70 bits per heavy atom. The van der Waals surface area contributed by atoms with E-state index in [-0.39, 0.29) is 30.9 Å². The van der Waals surface area contributed by atoms with Crippen molar-refractivity contribution in [3.8, 4) is 5.75 Å². The van der Waals surface area contributed by atoms with E-state index >= 15 is 0 Å². The molecule has 0 bridgehead atoms. The lowest BCUT2D eigenvalue weighted by Gasteiger charge is -2.27. The van der Waals surface area contributed by atoms with Gasteiger partial charge in [0.05, 0.1) is 11.6 Å². The van der Waals surface area contributed by atoms with E-state index < -0.39 is 0 Å². The molecule has 0 aliphatic heterocycles. The minimum Gasteiger partial charge on any atom is -0.491 e. The fraction of sp³-hybridized carbons (Fsp3) is 0.360. The van der Waals surface area contributed by atoms with Crippen molar-refractivity contribution in [3.63, 3.8) is 0 Å². The second kappa shape index (κ2) is 12.4. The Bertz CT molecular complexity index is 1070. The molecule has 178 valence electrons. The molecule has 1 aromatic heterocycles. The number of hydrogen-bond acceptors (Lipinski definition) is 5. The van der Waals surface area contributed by atoms with Gasteiger partial charge < -0.3 is 15.8 Å². The molecule has 3 aromatic rings. The lowest BCUT2D eigenvalue weighted by Crippen LogP contribution is -2.33. The largest absolute Gasteiger partial charge is 0.491 e. The van der Waals surface area contributed by atoms with Gasteiger partial charge in [0, 0.05) is 22.5 Å². The first kappa shape index (κ1) is 27.2. The van der Waals surface area contributed by atoms with Crippen molar-refractivity contribution in [3.05, 3.63) is 58.9 Å². The second-order valence-electron chi connectivity index (χ2n) is 8.42. The molecule has 2 aromatic carbocycles. The Morgan fingerprint density at radius 3 is 2.36 bits per heavy atom. The van der Waals surface area contributed by atoms with Crippen LogP contribution < -0.4 is 15.8 Å². The topological polar surface area (TPSA) is 73.1 Å². The number of halogens is 3. The number of benzene rings is 2. The normalized spacial score (nSPS) is 18.1.